The van der Waals surface area contributed by atoms with E-state index in [1.54, 1.807) is 0 Å². The van der Waals surface area contributed by atoms with Crippen molar-refractivity contribution in [2.45, 2.75) is 13.1 Å². The molecule has 0 amide bonds. The molecule has 0 bridgehead atoms. The van der Waals surface area contributed by atoms with Crippen molar-refractivity contribution in [3.8, 4) is 0 Å². The minimum Gasteiger partial charge on any atom is -0.345 e. The molecule has 0 fully saturated rings. The van der Waals surface area contributed by atoms with Crippen molar-refractivity contribution in [2.24, 2.45) is 0 Å². The first kappa shape index (κ1) is 10.3. The molecule has 0 atom stereocenters. The highest BCUT2D eigenvalue weighted by Gasteiger charge is 2.36. The SMILES string of the molecule is Cc1c(Cl)cc2[nH]cnc2c1C(F)(F)F. The molecule has 2 rings (SSSR count). The third-order valence-corrected chi connectivity index (χ3v) is 2.59. The van der Waals surface area contributed by atoms with E-state index in [1.165, 1.54) is 19.3 Å². The van der Waals surface area contributed by atoms with E-state index in [9.17, 15) is 13.2 Å². The molecule has 1 aromatic heterocycles. The molecule has 0 aliphatic rings. The monoisotopic (exact) mass is 234 g/mol. The fourth-order valence-electron chi connectivity index (χ4n) is 1.49. The summed E-state index contributed by atoms with van der Waals surface area (Å²) in [6.45, 7) is 1.33. The van der Waals surface area contributed by atoms with Crippen molar-refractivity contribution in [3.05, 3.63) is 28.5 Å². The number of H-pyrrole nitrogens is 1. The lowest BCUT2D eigenvalue weighted by molar-refractivity contribution is -0.136. The van der Waals surface area contributed by atoms with Crippen LogP contribution >= 0.6 is 11.6 Å². The first-order valence-corrected chi connectivity index (χ1v) is 4.48. The van der Waals surface area contributed by atoms with Gasteiger partial charge in [0.1, 0.15) is 5.52 Å². The Labute approximate surface area is 88.1 Å². The van der Waals surface area contributed by atoms with E-state index in [0.29, 0.717) is 0 Å². The quantitative estimate of drug-likeness (QED) is 0.742. The van der Waals surface area contributed by atoms with Gasteiger partial charge in [-0.1, -0.05) is 11.6 Å². The fraction of sp³-hybridized carbons (Fsp3) is 0.222. The topological polar surface area (TPSA) is 28.7 Å². The second-order valence-electron chi connectivity index (χ2n) is 3.15. The number of aromatic amines is 1. The molecule has 2 aromatic rings. The summed E-state index contributed by atoms with van der Waals surface area (Å²) in [6, 6.07) is 1.44. The van der Waals surface area contributed by atoms with Gasteiger partial charge in [-0.25, -0.2) is 4.98 Å². The highest BCUT2D eigenvalue weighted by atomic mass is 35.5. The van der Waals surface area contributed by atoms with Crippen molar-refractivity contribution < 1.29 is 13.2 Å². The average molecular weight is 235 g/mol. The Kier molecular flexibility index (Phi) is 2.15. The Balaban J connectivity index is 2.90. The lowest BCUT2D eigenvalue weighted by Gasteiger charge is -2.11. The van der Waals surface area contributed by atoms with Crippen LogP contribution in [0.25, 0.3) is 11.0 Å². The largest absolute Gasteiger partial charge is 0.418 e. The third kappa shape index (κ3) is 1.56. The van der Waals surface area contributed by atoms with Crippen molar-refractivity contribution in [1.82, 2.24) is 9.97 Å². The molecule has 1 N–H and O–H groups in total. The smallest absolute Gasteiger partial charge is 0.345 e. The number of benzene rings is 1. The highest BCUT2D eigenvalue weighted by Crippen LogP contribution is 2.38. The lowest BCUT2D eigenvalue weighted by atomic mass is 10.1. The molecule has 1 aromatic carbocycles. The number of alkyl halides is 3. The fourth-order valence-corrected chi connectivity index (χ4v) is 1.70. The molecule has 2 nitrogen and oxygen atoms in total. The van der Waals surface area contributed by atoms with E-state index in [4.69, 9.17) is 11.6 Å². The van der Waals surface area contributed by atoms with Crippen LogP contribution in [-0.2, 0) is 6.18 Å². The summed E-state index contributed by atoms with van der Waals surface area (Å²) in [5.41, 5.74) is -0.572. The number of hydrogen-bond acceptors (Lipinski definition) is 1. The molecule has 0 saturated heterocycles. The molecule has 1 heterocycles. The molecule has 6 heteroatoms. The van der Waals surface area contributed by atoms with Crippen LogP contribution in [0.3, 0.4) is 0 Å². The number of nitrogens with one attached hydrogen (secondary N) is 1. The summed E-state index contributed by atoms with van der Waals surface area (Å²) in [6.07, 6.45) is -3.22. The van der Waals surface area contributed by atoms with Crippen LogP contribution in [0.15, 0.2) is 12.4 Å². The summed E-state index contributed by atoms with van der Waals surface area (Å²) < 4.78 is 38.2. The molecule has 0 aliphatic carbocycles. The number of halogens is 4. The zero-order valence-corrected chi connectivity index (χ0v) is 8.37. The van der Waals surface area contributed by atoms with Crippen LogP contribution in [-0.4, -0.2) is 9.97 Å². The van der Waals surface area contributed by atoms with E-state index in [0.717, 1.165) is 0 Å². The van der Waals surface area contributed by atoms with E-state index in [1.807, 2.05) is 0 Å². The number of aromatic nitrogens is 2. The second-order valence-corrected chi connectivity index (χ2v) is 3.56. The second kappa shape index (κ2) is 3.13. The van der Waals surface area contributed by atoms with Crippen molar-refractivity contribution in [1.29, 1.82) is 0 Å². The number of rotatable bonds is 0. The average Bonchev–Trinajstić information content (AvgIpc) is 2.50. The number of fused-ring (bicyclic) bond motifs is 1. The molecular formula is C9H6ClF3N2. The normalized spacial score (nSPS) is 12.3. The van der Waals surface area contributed by atoms with Gasteiger partial charge in [-0.05, 0) is 18.6 Å². The van der Waals surface area contributed by atoms with Gasteiger partial charge >= 0.3 is 6.18 Å². The first-order chi connectivity index (χ1) is 6.91. The molecule has 0 unspecified atom stereocenters. The Morgan fingerprint density at radius 2 is 2.07 bits per heavy atom. The van der Waals surface area contributed by atoms with E-state index in [2.05, 4.69) is 9.97 Å². The molecule has 0 radical (unpaired) electrons. The molecule has 0 spiro atoms. The predicted molar refractivity (Wildman–Crippen MR) is 50.8 cm³/mol. The van der Waals surface area contributed by atoms with Crippen molar-refractivity contribution >= 4 is 22.6 Å². The van der Waals surface area contributed by atoms with Crippen LogP contribution in [0, 0.1) is 6.92 Å². The zero-order valence-electron chi connectivity index (χ0n) is 7.61. The minimum atomic E-state index is -4.44. The van der Waals surface area contributed by atoms with Gasteiger partial charge in [-0.3, -0.25) is 0 Å². The molecule has 80 valence electrons. The Morgan fingerprint density at radius 3 is 2.67 bits per heavy atom. The van der Waals surface area contributed by atoms with Crippen LogP contribution in [0.2, 0.25) is 5.02 Å². The Morgan fingerprint density at radius 1 is 1.40 bits per heavy atom. The van der Waals surface area contributed by atoms with Gasteiger partial charge in [0.2, 0.25) is 0 Å². The van der Waals surface area contributed by atoms with Gasteiger partial charge in [0.25, 0.3) is 0 Å². The minimum absolute atomic E-state index is 0.00349. The Bertz CT molecular complexity index is 516. The standard InChI is InChI=1S/C9H6ClF3N2/c1-4-5(10)2-6-8(15-3-14-6)7(4)9(11,12)13/h2-3H,1H3,(H,14,15). The van der Waals surface area contributed by atoms with Gasteiger partial charge < -0.3 is 4.98 Å². The van der Waals surface area contributed by atoms with Gasteiger partial charge in [0, 0.05) is 5.02 Å². The van der Waals surface area contributed by atoms with Gasteiger partial charge in [-0.15, -0.1) is 0 Å². The van der Waals surface area contributed by atoms with Crippen LogP contribution in [0.5, 0.6) is 0 Å². The summed E-state index contributed by atoms with van der Waals surface area (Å²) in [4.78, 5) is 6.26. The van der Waals surface area contributed by atoms with E-state index < -0.39 is 11.7 Å². The van der Waals surface area contributed by atoms with Crippen LogP contribution < -0.4 is 0 Å². The van der Waals surface area contributed by atoms with Crippen molar-refractivity contribution in [2.75, 3.05) is 0 Å². The van der Waals surface area contributed by atoms with Gasteiger partial charge in [0.05, 0.1) is 17.4 Å². The molecule has 0 aliphatic heterocycles. The predicted octanol–water partition coefficient (Wildman–Crippen LogP) is 3.54. The van der Waals surface area contributed by atoms with Crippen LogP contribution in [0.1, 0.15) is 11.1 Å². The third-order valence-electron chi connectivity index (χ3n) is 2.19. The maximum absolute atomic E-state index is 12.7. The summed E-state index contributed by atoms with van der Waals surface area (Å²) >= 11 is 5.71. The maximum Gasteiger partial charge on any atom is 0.418 e. The number of hydrogen-bond donors (Lipinski definition) is 1. The van der Waals surface area contributed by atoms with Gasteiger partial charge in [-0.2, -0.15) is 13.2 Å². The van der Waals surface area contributed by atoms with Gasteiger partial charge in [0.15, 0.2) is 0 Å². The molecule has 15 heavy (non-hydrogen) atoms. The number of nitrogens with zero attached hydrogens (tertiary/aromatic N) is 1. The molecule has 0 saturated carbocycles. The van der Waals surface area contributed by atoms with Crippen molar-refractivity contribution in [3.63, 3.8) is 0 Å². The van der Waals surface area contributed by atoms with E-state index >= 15 is 0 Å². The highest BCUT2D eigenvalue weighted by molar-refractivity contribution is 6.32. The zero-order chi connectivity index (χ0) is 11.2. The summed E-state index contributed by atoms with van der Waals surface area (Å²) in [5.74, 6) is 0. The number of imidazole rings is 1. The molecular weight excluding hydrogens is 229 g/mol. The maximum atomic E-state index is 12.7. The first-order valence-electron chi connectivity index (χ1n) is 4.10. The summed E-state index contributed by atoms with van der Waals surface area (Å²) in [5, 5.41) is 0.0825. The van der Waals surface area contributed by atoms with Crippen LogP contribution in [0.4, 0.5) is 13.2 Å². The summed E-state index contributed by atoms with van der Waals surface area (Å²) in [7, 11) is 0. The van der Waals surface area contributed by atoms with E-state index in [-0.39, 0.29) is 21.6 Å². The Hall–Kier alpha value is -1.23. The lowest BCUT2D eigenvalue weighted by Crippen LogP contribution is -2.08.